The zero-order valence-electron chi connectivity index (χ0n) is 20.4. The summed E-state index contributed by atoms with van der Waals surface area (Å²) in [5, 5.41) is 15.3. The molecule has 2 heterocycles. The maximum atomic E-state index is 13.4. The van der Waals surface area contributed by atoms with Gasteiger partial charge in [-0.05, 0) is 42.0 Å². The molecule has 38 heavy (non-hydrogen) atoms. The van der Waals surface area contributed by atoms with Crippen LogP contribution in [0.1, 0.15) is 43.6 Å². The first kappa shape index (κ1) is 24.5. The number of benzene rings is 3. The Bertz CT molecular complexity index is 1540. The van der Waals surface area contributed by atoms with E-state index in [1.54, 1.807) is 30.3 Å². The van der Waals surface area contributed by atoms with Crippen molar-refractivity contribution in [2.24, 2.45) is 0 Å². The van der Waals surface area contributed by atoms with E-state index in [1.165, 1.54) is 31.2 Å². The molecular weight excluding hydrogens is 488 g/mol. The van der Waals surface area contributed by atoms with Crippen molar-refractivity contribution in [3.05, 3.63) is 76.9 Å². The van der Waals surface area contributed by atoms with Crippen molar-refractivity contribution in [3.8, 4) is 28.7 Å². The van der Waals surface area contributed by atoms with Gasteiger partial charge < -0.3 is 20.1 Å². The SMILES string of the molecule is CC(=O)NCCNC(=O)c1ccc2c(c1)C(=O)N(c1cccc(-c3ccc4c(c3)OCCO4)c1C#N)C2=O. The number of imide groups is 1. The molecule has 0 bridgehead atoms. The Morgan fingerprint density at radius 1 is 0.895 bits per heavy atom. The lowest BCUT2D eigenvalue weighted by Gasteiger charge is -2.20. The molecule has 0 spiro atoms. The number of ether oxygens (including phenoxy) is 2. The number of nitriles is 1. The van der Waals surface area contributed by atoms with E-state index in [0.29, 0.717) is 35.8 Å². The Balaban J connectivity index is 1.44. The van der Waals surface area contributed by atoms with Crippen LogP contribution in [0, 0.1) is 11.3 Å². The molecule has 5 rings (SSSR count). The summed E-state index contributed by atoms with van der Waals surface area (Å²) in [5.74, 6) is -0.727. The van der Waals surface area contributed by atoms with Crippen molar-refractivity contribution >= 4 is 29.3 Å². The van der Waals surface area contributed by atoms with E-state index in [1.807, 2.05) is 0 Å². The van der Waals surface area contributed by atoms with Gasteiger partial charge in [0, 0.05) is 31.1 Å². The molecule has 0 atom stereocenters. The molecule has 0 saturated carbocycles. The van der Waals surface area contributed by atoms with Crippen molar-refractivity contribution in [2.45, 2.75) is 6.92 Å². The number of hydrogen-bond donors (Lipinski definition) is 2. The molecule has 0 saturated heterocycles. The van der Waals surface area contributed by atoms with E-state index < -0.39 is 17.7 Å². The van der Waals surface area contributed by atoms with Gasteiger partial charge in [-0.2, -0.15) is 5.26 Å². The average molecular weight is 511 g/mol. The van der Waals surface area contributed by atoms with Crippen LogP contribution in [0.5, 0.6) is 11.5 Å². The fraction of sp³-hybridized carbons (Fsp3) is 0.179. The minimum absolute atomic E-state index is 0.0677. The van der Waals surface area contributed by atoms with Crippen LogP contribution in [0.3, 0.4) is 0 Å². The highest BCUT2D eigenvalue weighted by Crippen LogP contribution is 2.39. The van der Waals surface area contributed by atoms with Crippen LogP contribution in [0.2, 0.25) is 0 Å². The third kappa shape index (κ3) is 4.41. The molecule has 0 aromatic heterocycles. The van der Waals surface area contributed by atoms with Gasteiger partial charge in [-0.15, -0.1) is 0 Å². The summed E-state index contributed by atoms with van der Waals surface area (Å²) >= 11 is 0. The molecule has 0 unspecified atom stereocenters. The van der Waals surface area contributed by atoms with E-state index >= 15 is 0 Å². The molecule has 10 heteroatoms. The predicted octanol–water partition coefficient (Wildman–Crippen LogP) is 2.66. The second kappa shape index (κ2) is 10.1. The van der Waals surface area contributed by atoms with Crippen LogP contribution in [0.25, 0.3) is 11.1 Å². The molecule has 190 valence electrons. The van der Waals surface area contributed by atoms with Gasteiger partial charge in [0.25, 0.3) is 17.7 Å². The molecule has 3 aromatic rings. The van der Waals surface area contributed by atoms with Crippen molar-refractivity contribution in [3.63, 3.8) is 0 Å². The first-order valence-corrected chi connectivity index (χ1v) is 11.9. The number of nitrogens with zero attached hydrogens (tertiary/aromatic N) is 2. The quantitative estimate of drug-likeness (QED) is 0.384. The lowest BCUT2D eigenvalue weighted by molar-refractivity contribution is -0.118. The molecule has 4 amide bonds. The standard InChI is InChI=1S/C28H22N4O6/c1-16(33)30-9-10-31-26(34)18-5-7-20-21(13-18)28(36)32(27(20)35)23-4-2-3-19(22(23)15-29)17-6-8-24-25(14-17)38-12-11-37-24/h2-8,13-14H,9-12H2,1H3,(H,30,33)(H,31,34). The van der Waals surface area contributed by atoms with Crippen LogP contribution in [-0.4, -0.2) is 49.9 Å². The predicted molar refractivity (Wildman–Crippen MR) is 136 cm³/mol. The highest BCUT2D eigenvalue weighted by Gasteiger charge is 2.38. The number of rotatable bonds is 6. The summed E-state index contributed by atoms with van der Waals surface area (Å²) in [6, 6.07) is 16.6. The minimum atomic E-state index is -0.631. The fourth-order valence-electron chi connectivity index (χ4n) is 4.41. The summed E-state index contributed by atoms with van der Waals surface area (Å²) in [5.41, 5.74) is 1.89. The van der Waals surface area contributed by atoms with E-state index in [2.05, 4.69) is 16.7 Å². The highest BCUT2D eigenvalue weighted by atomic mass is 16.6. The summed E-state index contributed by atoms with van der Waals surface area (Å²) in [4.78, 5) is 51.2. The zero-order chi connectivity index (χ0) is 26.8. The second-order valence-electron chi connectivity index (χ2n) is 8.61. The molecule has 2 aliphatic heterocycles. The van der Waals surface area contributed by atoms with Crippen LogP contribution in [0.4, 0.5) is 5.69 Å². The Morgan fingerprint density at radius 3 is 2.39 bits per heavy atom. The van der Waals surface area contributed by atoms with Gasteiger partial charge >= 0.3 is 0 Å². The smallest absolute Gasteiger partial charge is 0.266 e. The average Bonchev–Trinajstić information content (AvgIpc) is 3.18. The summed E-state index contributed by atoms with van der Waals surface area (Å²) < 4.78 is 11.2. The first-order chi connectivity index (χ1) is 18.4. The molecule has 2 N–H and O–H groups in total. The van der Waals surface area contributed by atoms with Crippen molar-refractivity contribution in [2.75, 3.05) is 31.2 Å². The minimum Gasteiger partial charge on any atom is -0.486 e. The first-order valence-electron chi connectivity index (χ1n) is 11.9. The number of amides is 4. The number of nitrogens with one attached hydrogen (secondary N) is 2. The van der Waals surface area contributed by atoms with Gasteiger partial charge in [0.15, 0.2) is 11.5 Å². The van der Waals surface area contributed by atoms with Crippen LogP contribution >= 0.6 is 0 Å². The zero-order valence-corrected chi connectivity index (χ0v) is 20.4. The molecule has 3 aromatic carbocycles. The summed E-state index contributed by atoms with van der Waals surface area (Å²) in [6.45, 7) is 2.69. The lowest BCUT2D eigenvalue weighted by atomic mass is 9.98. The Kier molecular flexibility index (Phi) is 6.49. The van der Waals surface area contributed by atoms with Gasteiger partial charge in [-0.25, -0.2) is 4.90 Å². The van der Waals surface area contributed by atoms with Crippen molar-refractivity contribution in [1.82, 2.24) is 10.6 Å². The molecular formula is C28H22N4O6. The fourth-order valence-corrected chi connectivity index (χ4v) is 4.41. The van der Waals surface area contributed by atoms with Crippen LogP contribution < -0.4 is 25.0 Å². The maximum absolute atomic E-state index is 13.4. The third-order valence-corrected chi connectivity index (χ3v) is 6.18. The Hall–Kier alpha value is -5.17. The summed E-state index contributed by atoms with van der Waals surface area (Å²) in [6.07, 6.45) is 0. The largest absolute Gasteiger partial charge is 0.486 e. The lowest BCUT2D eigenvalue weighted by Crippen LogP contribution is -2.33. The number of anilines is 1. The van der Waals surface area contributed by atoms with E-state index in [4.69, 9.17) is 9.47 Å². The number of fused-ring (bicyclic) bond motifs is 2. The number of carbonyl (C=O) groups excluding carboxylic acids is 4. The van der Waals surface area contributed by atoms with Crippen LogP contribution in [0.15, 0.2) is 54.6 Å². The number of carbonyl (C=O) groups is 4. The maximum Gasteiger partial charge on any atom is 0.266 e. The highest BCUT2D eigenvalue weighted by molar-refractivity contribution is 6.35. The molecule has 2 aliphatic rings. The Morgan fingerprint density at radius 2 is 1.63 bits per heavy atom. The summed E-state index contributed by atoms with van der Waals surface area (Å²) in [7, 11) is 0. The van der Waals surface area contributed by atoms with E-state index in [-0.39, 0.29) is 46.9 Å². The van der Waals surface area contributed by atoms with Gasteiger partial charge in [-0.3, -0.25) is 19.2 Å². The second-order valence-corrected chi connectivity index (χ2v) is 8.61. The van der Waals surface area contributed by atoms with Gasteiger partial charge in [0.05, 0.1) is 22.4 Å². The molecule has 0 aliphatic carbocycles. The van der Waals surface area contributed by atoms with Crippen LogP contribution in [-0.2, 0) is 4.79 Å². The monoisotopic (exact) mass is 510 g/mol. The number of hydrogen-bond acceptors (Lipinski definition) is 7. The van der Waals surface area contributed by atoms with Crippen molar-refractivity contribution in [1.29, 1.82) is 5.26 Å². The van der Waals surface area contributed by atoms with Gasteiger partial charge in [0.1, 0.15) is 19.3 Å². The normalized spacial score (nSPS) is 13.5. The Labute approximate surface area is 217 Å². The molecule has 10 nitrogen and oxygen atoms in total. The van der Waals surface area contributed by atoms with E-state index in [9.17, 15) is 24.4 Å². The van der Waals surface area contributed by atoms with Gasteiger partial charge in [0.2, 0.25) is 5.91 Å². The van der Waals surface area contributed by atoms with E-state index in [0.717, 1.165) is 4.90 Å². The van der Waals surface area contributed by atoms with Gasteiger partial charge in [-0.1, -0.05) is 18.2 Å². The van der Waals surface area contributed by atoms with Crippen molar-refractivity contribution < 1.29 is 28.7 Å². The molecule has 0 radical (unpaired) electrons. The third-order valence-electron chi connectivity index (χ3n) is 6.18. The molecule has 0 fully saturated rings. The topological polar surface area (TPSA) is 138 Å².